The molecule has 0 saturated heterocycles. The van der Waals surface area contributed by atoms with Crippen molar-refractivity contribution in [1.29, 1.82) is 0 Å². The molecule has 6 heteroatoms. The molecule has 0 heterocycles. The number of hydrogen-bond donors (Lipinski definition) is 3. The van der Waals surface area contributed by atoms with E-state index in [0.29, 0.717) is 0 Å². The summed E-state index contributed by atoms with van der Waals surface area (Å²) in [5, 5.41) is 8.10. The summed E-state index contributed by atoms with van der Waals surface area (Å²) in [5.41, 5.74) is 9.57. The van der Waals surface area contributed by atoms with Gasteiger partial charge >= 0.3 is 5.97 Å². The van der Waals surface area contributed by atoms with Crippen molar-refractivity contribution in [2.75, 3.05) is 0 Å². The first-order chi connectivity index (χ1) is 4.04. The van der Waals surface area contributed by atoms with Gasteiger partial charge in [0.25, 0.3) is 0 Å². The fraction of sp³-hybridized carbons (Fsp3) is 0.500. The van der Waals surface area contributed by atoms with Gasteiger partial charge in [-0.05, 0) is 0 Å². The molecule has 1 amide bonds. The van der Waals surface area contributed by atoms with Crippen LogP contribution in [0, 0.1) is 0 Å². The van der Waals surface area contributed by atoms with Gasteiger partial charge in [-0.15, -0.1) is 0 Å². The van der Waals surface area contributed by atoms with Crippen LogP contribution in [0.25, 0.3) is 0 Å². The zero-order valence-electron chi connectivity index (χ0n) is 5.20. The van der Waals surface area contributed by atoms with Gasteiger partial charge in [-0.25, -0.2) is 0 Å². The van der Waals surface area contributed by atoms with Crippen molar-refractivity contribution in [2.24, 2.45) is 11.5 Å². The minimum atomic E-state index is -1.21. The van der Waals surface area contributed by atoms with E-state index in [0.717, 1.165) is 0 Å². The second-order valence-corrected chi connectivity index (χ2v) is 1.62. The van der Waals surface area contributed by atoms with E-state index in [1.807, 2.05) is 0 Å². The molecular weight excluding hydrogens is 146 g/mol. The van der Waals surface area contributed by atoms with Gasteiger partial charge in [0.05, 0.1) is 6.42 Å². The quantitative estimate of drug-likeness (QED) is 0.305. The van der Waals surface area contributed by atoms with E-state index >= 15 is 0 Å². The summed E-state index contributed by atoms with van der Waals surface area (Å²) in [7, 11) is 0. The molecule has 1 atom stereocenters. The summed E-state index contributed by atoms with van der Waals surface area (Å²) in [4.78, 5) is 19.9. The fourth-order valence-electron chi connectivity index (χ4n) is 0.304. The average molecular weight is 156 g/mol. The highest BCUT2D eigenvalue weighted by Gasteiger charge is 2.13. The molecule has 0 aliphatic heterocycles. The zero-order chi connectivity index (χ0) is 7.44. The Bertz CT molecular complexity index is 135. The van der Waals surface area contributed by atoms with Crippen LogP contribution in [0.2, 0.25) is 0 Å². The smallest absolute Gasteiger partial charge is 0.321 e. The minimum Gasteiger partial charge on any atom is -0.480 e. The summed E-state index contributed by atoms with van der Waals surface area (Å²) in [5.74, 6) is -1.92. The molecule has 0 aromatic heterocycles. The highest BCUT2D eigenvalue weighted by Crippen LogP contribution is 1.84. The topological polar surface area (TPSA) is 138 Å². The molecule has 0 unspecified atom stereocenters. The summed E-state index contributed by atoms with van der Waals surface area (Å²) in [6.07, 6.45) is -0.310. The third-order valence-corrected chi connectivity index (χ3v) is 0.738. The normalized spacial score (nSPS) is 11.3. The van der Waals surface area contributed by atoms with Crippen molar-refractivity contribution < 1.29 is 20.2 Å². The molecule has 7 N–H and O–H groups in total. The summed E-state index contributed by atoms with van der Waals surface area (Å²) in [6, 6.07) is -1.16. The second kappa shape index (κ2) is 4.71. The second-order valence-electron chi connectivity index (χ2n) is 1.62. The number of primary amides is 1. The molecule has 0 aromatic carbocycles. The first-order valence-corrected chi connectivity index (χ1v) is 2.30. The van der Waals surface area contributed by atoms with Crippen LogP contribution in [-0.4, -0.2) is 28.5 Å². The molecular formula is C4H10N2O4. The Hall–Kier alpha value is -1.14. The Labute approximate surface area is 57.1 Å². The molecule has 0 spiro atoms. The van der Waals surface area contributed by atoms with Gasteiger partial charge in [0.15, 0.2) is 0 Å². The first-order valence-electron chi connectivity index (χ1n) is 2.30. The number of carboxylic acid groups (broad SMARTS) is 1. The van der Waals surface area contributed by atoms with E-state index in [2.05, 4.69) is 5.73 Å². The van der Waals surface area contributed by atoms with E-state index in [4.69, 9.17) is 10.8 Å². The van der Waals surface area contributed by atoms with Gasteiger partial charge < -0.3 is 22.1 Å². The molecule has 0 aliphatic carbocycles. The molecule has 0 bridgehead atoms. The number of rotatable bonds is 3. The molecule has 0 rings (SSSR count). The predicted molar refractivity (Wildman–Crippen MR) is 33.0 cm³/mol. The number of nitrogens with two attached hydrogens (primary N) is 2. The molecule has 0 aromatic rings. The number of hydrogen-bond acceptors (Lipinski definition) is 3. The van der Waals surface area contributed by atoms with Crippen molar-refractivity contribution in [2.45, 2.75) is 12.5 Å². The van der Waals surface area contributed by atoms with Gasteiger partial charge in [-0.3, -0.25) is 9.59 Å². The van der Waals surface area contributed by atoms with Crippen LogP contribution in [0.1, 0.15) is 6.42 Å². The van der Waals surface area contributed by atoms with Crippen molar-refractivity contribution in [3.63, 3.8) is 0 Å². The lowest BCUT2D eigenvalue weighted by molar-refractivity contribution is -0.140. The fourth-order valence-corrected chi connectivity index (χ4v) is 0.304. The maximum atomic E-state index is 9.99. The summed E-state index contributed by atoms with van der Waals surface area (Å²) in [6.45, 7) is 0. The molecule has 6 nitrogen and oxygen atoms in total. The van der Waals surface area contributed by atoms with E-state index in [1.54, 1.807) is 0 Å². The predicted octanol–water partition coefficient (Wildman–Crippen LogP) is -2.55. The lowest BCUT2D eigenvalue weighted by Crippen LogP contribution is -2.34. The van der Waals surface area contributed by atoms with Crippen molar-refractivity contribution in [1.82, 2.24) is 0 Å². The van der Waals surface area contributed by atoms with Crippen LogP contribution < -0.4 is 11.5 Å². The average Bonchev–Trinajstić information content (AvgIpc) is 1.63. The molecule has 0 aliphatic rings. The van der Waals surface area contributed by atoms with Crippen molar-refractivity contribution in [3.05, 3.63) is 0 Å². The van der Waals surface area contributed by atoms with E-state index in [1.165, 1.54) is 0 Å². The number of aliphatic carboxylic acids is 1. The molecule has 0 radical (unpaired) electrons. The molecule has 0 saturated carbocycles. The lowest BCUT2D eigenvalue weighted by Gasteiger charge is -1.99. The maximum Gasteiger partial charge on any atom is 0.321 e. The third-order valence-electron chi connectivity index (χ3n) is 0.738. The van der Waals surface area contributed by atoms with Gasteiger partial charge in [-0.2, -0.15) is 0 Å². The third kappa shape index (κ3) is 5.01. The highest BCUT2D eigenvalue weighted by molar-refractivity contribution is 5.82. The Morgan fingerprint density at radius 2 is 1.90 bits per heavy atom. The van der Waals surface area contributed by atoms with Crippen LogP contribution in [-0.2, 0) is 9.59 Å². The van der Waals surface area contributed by atoms with Gasteiger partial charge in [0.1, 0.15) is 6.04 Å². The van der Waals surface area contributed by atoms with E-state index in [9.17, 15) is 9.59 Å². The van der Waals surface area contributed by atoms with Crippen molar-refractivity contribution >= 4 is 11.9 Å². The largest absolute Gasteiger partial charge is 0.480 e. The van der Waals surface area contributed by atoms with Crippen molar-refractivity contribution in [3.8, 4) is 0 Å². The SMILES string of the molecule is O.[15NH2][13C](=O)[13CH2][13C@H]([15NH2])[13C](=O)O. The van der Waals surface area contributed by atoms with Gasteiger partial charge in [0, 0.05) is 0 Å². The Morgan fingerprint density at radius 1 is 1.50 bits per heavy atom. The minimum absolute atomic E-state index is 0. The lowest BCUT2D eigenvalue weighted by atomic mass is 11.2. The Kier molecular flexibility index (Phi) is 5.48. The maximum absolute atomic E-state index is 9.99. The van der Waals surface area contributed by atoms with E-state index in [-0.39, 0.29) is 11.9 Å². The van der Waals surface area contributed by atoms with Gasteiger partial charge in [-0.1, -0.05) is 0 Å². The standard InChI is InChI=1S/C4H8N2O3.H2O/c5-2(4(8)9)1-3(6)7;/h2H,1,5H2,(H2,6,7)(H,8,9);1H2/t2-;/m0./s1/i1+1,2+1,3+1,4+1,5+1,6+1;. The molecule has 60 valence electrons. The van der Waals surface area contributed by atoms with Crippen LogP contribution in [0.4, 0.5) is 0 Å². The first kappa shape index (κ1) is 11.6. The van der Waals surface area contributed by atoms with Crippen LogP contribution in [0.15, 0.2) is 0 Å². The number of carboxylic acids is 1. The Morgan fingerprint density at radius 3 is 2.00 bits per heavy atom. The van der Waals surface area contributed by atoms with Crippen LogP contribution in [0.3, 0.4) is 0 Å². The number of amides is 1. The van der Waals surface area contributed by atoms with Gasteiger partial charge in [0.2, 0.25) is 5.91 Å². The monoisotopic (exact) mass is 156 g/mol. The summed E-state index contributed by atoms with van der Waals surface area (Å²) >= 11 is 0. The highest BCUT2D eigenvalue weighted by atomic mass is 16.5. The molecule has 0 fully saturated rings. The zero-order valence-corrected chi connectivity index (χ0v) is 5.20. The number of carbonyl (C=O) groups excluding carboxylic acids is 1. The van der Waals surface area contributed by atoms with E-state index < -0.39 is 17.9 Å². The Balaban J connectivity index is 0. The molecule has 10 heavy (non-hydrogen) atoms. The number of carbonyl (C=O) groups is 2. The van der Waals surface area contributed by atoms with Crippen LogP contribution >= 0.6 is 0 Å². The summed E-state index contributed by atoms with van der Waals surface area (Å²) < 4.78 is 0. The van der Waals surface area contributed by atoms with Crippen LogP contribution in [0.5, 0.6) is 0 Å².